The van der Waals surface area contributed by atoms with Crippen molar-refractivity contribution in [1.29, 1.82) is 5.41 Å². The number of aliphatic imine (C=N–C) groups is 1. The van der Waals surface area contributed by atoms with Crippen LogP contribution in [0.1, 0.15) is 120 Å². The third kappa shape index (κ3) is 11.1. The number of anilines is 2. The highest BCUT2D eigenvalue weighted by Gasteiger charge is 2.34. The van der Waals surface area contributed by atoms with Gasteiger partial charge in [0.25, 0.3) is 6.43 Å². The Kier molecular flexibility index (Phi) is 15.9. The highest BCUT2D eigenvalue weighted by atomic mass is 19.3. The third-order valence-electron chi connectivity index (χ3n) is 13.7. The zero-order valence-electron chi connectivity index (χ0n) is 39.0. The van der Waals surface area contributed by atoms with Gasteiger partial charge in [0.1, 0.15) is 11.9 Å². The Balaban J connectivity index is 0.852. The number of imidazole rings is 1. The van der Waals surface area contributed by atoms with E-state index >= 15 is 0 Å². The van der Waals surface area contributed by atoms with Crippen LogP contribution in [0.4, 0.5) is 20.2 Å². The van der Waals surface area contributed by atoms with Crippen molar-refractivity contribution in [3.05, 3.63) is 75.0 Å². The molecular weight excluding hydrogens is 861 g/mol. The number of amides is 4. The number of benzene rings is 2. The maximum atomic E-state index is 14.5. The van der Waals surface area contributed by atoms with Crippen molar-refractivity contribution in [2.45, 2.75) is 115 Å². The molecule has 7 rings (SSSR count). The summed E-state index contributed by atoms with van der Waals surface area (Å²) in [5.74, 6) is -0.487. The van der Waals surface area contributed by atoms with Gasteiger partial charge in [0.2, 0.25) is 23.6 Å². The molecule has 2 aromatic carbocycles. The van der Waals surface area contributed by atoms with Gasteiger partial charge >= 0.3 is 5.69 Å². The molecule has 0 spiro atoms. The molecule has 18 heteroatoms. The van der Waals surface area contributed by atoms with Crippen molar-refractivity contribution in [1.82, 2.24) is 29.6 Å². The fraction of sp³-hybridized carbons (Fsp3) is 0.531. The summed E-state index contributed by atoms with van der Waals surface area (Å²) >= 11 is 0. The number of rotatable bonds is 17. The van der Waals surface area contributed by atoms with Gasteiger partial charge in [-0.2, -0.15) is 0 Å². The van der Waals surface area contributed by atoms with Crippen molar-refractivity contribution in [3.8, 4) is 0 Å². The monoisotopic (exact) mass is 926 g/mol. The topological polar surface area (TPSA) is 203 Å². The van der Waals surface area contributed by atoms with Crippen molar-refractivity contribution in [2.75, 3.05) is 56.5 Å². The van der Waals surface area contributed by atoms with Crippen LogP contribution in [0, 0.1) is 5.41 Å². The zero-order chi connectivity index (χ0) is 47.8. The van der Waals surface area contributed by atoms with E-state index in [2.05, 4.69) is 20.9 Å². The maximum Gasteiger partial charge on any atom is 0.329 e. The number of nitrogens with one attached hydrogen (secondary N) is 4. The van der Waals surface area contributed by atoms with Gasteiger partial charge in [-0.3, -0.25) is 44.0 Å². The van der Waals surface area contributed by atoms with Gasteiger partial charge in [-0.25, -0.2) is 13.6 Å². The molecule has 360 valence electrons. The number of carbonyl (C=O) groups excluding carboxylic acids is 4. The van der Waals surface area contributed by atoms with Crippen LogP contribution < -0.4 is 32.3 Å². The Morgan fingerprint density at radius 3 is 2.39 bits per heavy atom. The molecule has 16 nitrogen and oxygen atoms in total. The Morgan fingerprint density at radius 2 is 1.69 bits per heavy atom. The quantitative estimate of drug-likeness (QED) is 0.0472. The molecule has 4 amide bonds. The number of alkyl halides is 2. The molecule has 4 aliphatic rings. The van der Waals surface area contributed by atoms with E-state index in [4.69, 9.17) is 5.73 Å². The molecule has 67 heavy (non-hydrogen) atoms. The van der Waals surface area contributed by atoms with Crippen molar-refractivity contribution in [2.24, 2.45) is 17.8 Å². The Morgan fingerprint density at radius 1 is 0.940 bits per heavy atom. The lowest BCUT2D eigenvalue weighted by molar-refractivity contribution is -0.136. The summed E-state index contributed by atoms with van der Waals surface area (Å²) in [5.41, 5.74) is 11.3. The number of piperidine rings is 2. The van der Waals surface area contributed by atoms with Gasteiger partial charge in [0, 0.05) is 125 Å². The first-order valence-electron chi connectivity index (χ1n) is 23.8. The predicted octanol–water partition coefficient (Wildman–Crippen LogP) is 5.92. The maximum absolute atomic E-state index is 14.5. The van der Waals surface area contributed by atoms with E-state index in [1.165, 1.54) is 34.5 Å². The number of unbranched alkanes of at least 4 members (excludes halogenated alkanes) is 5. The summed E-state index contributed by atoms with van der Waals surface area (Å²) in [5, 5.41) is 19.0. The summed E-state index contributed by atoms with van der Waals surface area (Å²) < 4.78 is 32.1. The summed E-state index contributed by atoms with van der Waals surface area (Å²) in [7, 11) is 3.25. The average Bonchev–Trinajstić information content (AvgIpc) is 3.56. The molecule has 0 bridgehead atoms. The van der Waals surface area contributed by atoms with Crippen LogP contribution in [0.15, 0.2) is 57.6 Å². The van der Waals surface area contributed by atoms with Crippen LogP contribution in [0.5, 0.6) is 0 Å². The molecule has 0 saturated carbocycles. The molecule has 1 atom stereocenters. The normalized spacial score (nSPS) is 18.6. The number of nitrogens with zero attached hydrogens (tertiary/aromatic N) is 6. The van der Waals surface area contributed by atoms with Crippen LogP contribution in [0.3, 0.4) is 0 Å². The number of fused-ring (bicyclic) bond motifs is 2. The Hall–Kier alpha value is -6.33. The van der Waals surface area contributed by atoms with Crippen molar-refractivity contribution < 1.29 is 28.0 Å². The molecule has 2 saturated heterocycles. The number of halogens is 2. The molecule has 2 fully saturated rings. The van der Waals surface area contributed by atoms with E-state index in [9.17, 15) is 38.2 Å². The molecule has 3 aromatic rings. The van der Waals surface area contributed by atoms with Gasteiger partial charge in [0.15, 0.2) is 0 Å². The van der Waals surface area contributed by atoms with E-state index in [1.54, 1.807) is 30.0 Å². The fourth-order valence-corrected chi connectivity index (χ4v) is 9.95. The molecule has 0 radical (unpaired) electrons. The second-order valence-corrected chi connectivity index (χ2v) is 18.1. The van der Waals surface area contributed by atoms with Gasteiger partial charge in [-0.05, 0) is 86.4 Å². The van der Waals surface area contributed by atoms with Crippen LogP contribution >= 0.6 is 0 Å². The number of hydrogen-bond donors (Lipinski definition) is 5. The number of nitrogens with two attached hydrogens (primary N) is 1. The molecule has 1 aromatic heterocycles. The number of likely N-dealkylation sites (tertiary alicyclic amines) is 1. The number of aryl methyl sites for hydroxylation is 2. The van der Waals surface area contributed by atoms with Gasteiger partial charge in [0.05, 0.1) is 17.6 Å². The summed E-state index contributed by atoms with van der Waals surface area (Å²) in [4.78, 5) is 72.5. The van der Waals surface area contributed by atoms with E-state index < -0.39 is 18.4 Å². The number of carbonyl (C=O) groups is 4. The van der Waals surface area contributed by atoms with E-state index in [-0.39, 0.29) is 53.8 Å². The van der Waals surface area contributed by atoms with Crippen molar-refractivity contribution >= 4 is 63.7 Å². The summed E-state index contributed by atoms with van der Waals surface area (Å²) in [6, 6.07) is 8.28. The molecular formula is C49H65F2N11O5. The smallest absolute Gasteiger partial charge is 0.329 e. The SMILES string of the molecule is CN=CC(=CN)c1cc2c(cc1C(F)F)N(C(=N)C1=C(NC3CCN(C(=O)CCCCCCCCNc4ccc5c(c4)n(C)c(=O)n5C4CCC(=O)NC4=O)CC3)CCN(C(C)=O)C1)CCC2. The lowest BCUT2D eigenvalue weighted by Crippen LogP contribution is -2.48. The lowest BCUT2D eigenvalue weighted by Gasteiger charge is -2.39. The summed E-state index contributed by atoms with van der Waals surface area (Å²) in [6.45, 7) is 4.81. The molecule has 1 unspecified atom stereocenters. The lowest BCUT2D eigenvalue weighted by atomic mass is 9.91. The minimum atomic E-state index is -2.77. The third-order valence-corrected chi connectivity index (χ3v) is 13.7. The average molecular weight is 926 g/mol. The van der Waals surface area contributed by atoms with E-state index in [0.717, 1.165) is 81.3 Å². The Labute approximate surface area is 390 Å². The second-order valence-electron chi connectivity index (χ2n) is 18.1. The number of aromatic nitrogens is 2. The van der Waals surface area contributed by atoms with E-state index in [1.807, 2.05) is 23.1 Å². The van der Waals surface area contributed by atoms with Gasteiger partial charge < -0.3 is 31.1 Å². The first-order valence-corrected chi connectivity index (χ1v) is 23.8. The van der Waals surface area contributed by atoms with Crippen LogP contribution in [0.25, 0.3) is 16.6 Å². The zero-order valence-corrected chi connectivity index (χ0v) is 39.0. The molecule has 6 N–H and O–H groups in total. The van der Waals surface area contributed by atoms with Crippen molar-refractivity contribution in [3.63, 3.8) is 0 Å². The highest BCUT2D eigenvalue weighted by Crippen LogP contribution is 2.38. The van der Waals surface area contributed by atoms with Crippen LogP contribution in [0.2, 0.25) is 0 Å². The number of imide groups is 1. The molecule has 4 aliphatic heterocycles. The number of amidine groups is 1. The molecule has 0 aliphatic carbocycles. The summed E-state index contributed by atoms with van der Waals surface area (Å²) in [6.07, 6.45) is 10.4. The fourth-order valence-electron chi connectivity index (χ4n) is 9.95. The second kappa shape index (κ2) is 22.0. The number of allylic oxidation sites excluding steroid dienone is 1. The van der Waals surface area contributed by atoms with E-state index in [0.29, 0.717) is 85.3 Å². The number of hydrogen-bond acceptors (Lipinski definition) is 10. The highest BCUT2D eigenvalue weighted by molar-refractivity contribution is 6.12. The van der Waals surface area contributed by atoms with Crippen LogP contribution in [-0.2, 0) is 32.6 Å². The van der Waals surface area contributed by atoms with Crippen LogP contribution in [-0.4, -0.2) is 107 Å². The Bertz CT molecular complexity index is 2520. The van der Waals surface area contributed by atoms with Gasteiger partial charge in [-0.1, -0.05) is 25.7 Å². The minimum absolute atomic E-state index is 0.0863. The first-order chi connectivity index (χ1) is 32.3. The van der Waals surface area contributed by atoms with Gasteiger partial charge in [-0.15, -0.1) is 0 Å². The largest absolute Gasteiger partial charge is 0.404 e. The molecule has 5 heterocycles. The minimum Gasteiger partial charge on any atom is -0.404 e. The predicted molar refractivity (Wildman–Crippen MR) is 257 cm³/mol. The standard InChI is InChI=1S/C49H65F2N11O5/c1-31(63)60-24-19-39(38(30-60)47(53)61-21-10-11-32-25-36(33(28-52)29-54-2)37(46(50)51)27-42(32)61)56-34-17-22-59(23-18-34)45(65)12-8-6-4-5-7-9-20-55-35-13-14-40-43(26-35)58(3)49(67)62(40)41-15-16-44(64)57-48(41)66/h13-14,25-29,34,41,46,53,55-56H,4-12,15-24,30,52H2,1-3H3,(H,57,64,66). The first kappa shape index (κ1) is 48.6.